The molecule has 0 aromatic heterocycles. The van der Waals surface area contributed by atoms with Gasteiger partial charge in [-0.05, 0) is 48.9 Å². The highest BCUT2D eigenvalue weighted by Crippen LogP contribution is 2.28. The number of carbonyl (C=O) groups is 1. The second kappa shape index (κ2) is 10.6. The van der Waals surface area contributed by atoms with Crippen LogP contribution in [0.15, 0.2) is 54.2 Å². The highest BCUT2D eigenvalue weighted by Gasteiger charge is 2.10. The summed E-state index contributed by atoms with van der Waals surface area (Å²) in [6, 6.07) is 10.3. The summed E-state index contributed by atoms with van der Waals surface area (Å²) in [6.07, 6.45) is 3.19. The summed E-state index contributed by atoms with van der Waals surface area (Å²) >= 11 is 0. The zero-order chi connectivity index (χ0) is 20.4. The first-order chi connectivity index (χ1) is 13.6. The van der Waals surface area contributed by atoms with Crippen molar-refractivity contribution in [2.75, 3.05) is 27.4 Å². The summed E-state index contributed by atoms with van der Waals surface area (Å²) in [5, 5.41) is 4.00. The number of rotatable bonds is 10. The number of benzene rings is 2. The van der Waals surface area contributed by atoms with Crippen LogP contribution in [0.25, 0.3) is 0 Å². The van der Waals surface area contributed by atoms with Crippen LogP contribution in [0.5, 0.6) is 23.0 Å². The minimum atomic E-state index is -0.367. The van der Waals surface area contributed by atoms with Crippen LogP contribution >= 0.6 is 0 Å². The van der Waals surface area contributed by atoms with Gasteiger partial charge in [0, 0.05) is 5.56 Å². The molecule has 0 bridgehead atoms. The Hall–Kier alpha value is -3.48. The number of hydrogen-bond acceptors (Lipinski definition) is 6. The first kappa shape index (κ1) is 20.8. The Bertz CT molecular complexity index is 849. The molecule has 2 aromatic carbocycles. The predicted molar refractivity (Wildman–Crippen MR) is 108 cm³/mol. The molecule has 28 heavy (non-hydrogen) atoms. The van der Waals surface area contributed by atoms with Crippen molar-refractivity contribution in [1.29, 1.82) is 0 Å². The molecule has 1 N–H and O–H groups in total. The average molecular weight is 384 g/mol. The molecule has 1 amide bonds. The van der Waals surface area contributed by atoms with Crippen molar-refractivity contribution in [2.24, 2.45) is 5.10 Å². The molecule has 0 aliphatic carbocycles. The van der Waals surface area contributed by atoms with Crippen molar-refractivity contribution in [3.05, 3.63) is 60.2 Å². The van der Waals surface area contributed by atoms with E-state index < -0.39 is 0 Å². The maximum atomic E-state index is 12.3. The largest absolute Gasteiger partial charge is 0.493 e. The zero-order valence-electron chi connectivity index (χ0n) is 16.2. The molecule has 0 spiro atoms. The van der Waals surface area contributed by atoms with Gasteiger partial charge in [0.25, 0.3) is 5.91 Å². The molecule has 0 atom stereocenters. The van der Waals surface area contributed by atoms with E-state index in [0.29, 0.717) is 41.8 Å². The quantitative estimate of drug-likeness (QED) is 0.386. The fraction of sp³-hybridized carbons (Fsp3) is 0.238. The van der Waals surface area contributed by atoms with Gasteiger partial charge in [0.1, 0.15) is 6.61 Å². The number of amides is 1. The topological polar surface area (TPSA) is 78.4 Å². The normalized spacial score (nSPS) is 10.4. The molecule has 2 rings (SSSR count). The molecule has 0 aliphatic rings. The van der Waals surface area contributed by atoms with Gasteiger partial charge in [0.2, 0.25) is 0 Å². The fourth-order valence-corrected chi connectivity index (χ4v) is 2.35. The SMILES string of the molecule is C=CCOc1ccc(C=NNC(=O)c2ccc(OC)c(OC)c2)cc1OCC. The van der Waals surface area contributed by atoms with Gasteiger partial charge in [-0.3, -0.25) is 4.79 Å². The summed E-state index contributed by atoms with van der Waals surface area (Å²) in [4.78, 5) is 12.3. The van der Waals surface area contributed by atoms with Crippen LogP contribution in [-0.2, 0) is 0 Å². The van der Waals surface area contributed by atoms with E-state index in [1.54, 1.807) is 36.4 Å². The number of nitrogens with one attached hydrogen (secondary N) is 1. The van der Waals surface area contributed by atoms with Gasteiger partial charge in [-0.15, -0.1) is 0 Å². The number of hydrazone groups is 1. The molecule has 7 heteroatoms. The van der Waals surface area contributed by atoms with Gasteiger partial charge in [0.05, 0.1) is 27.0 Å². The molecule has 0 fully saturated rings. The van der Waals surface area contributed by atoms with Gasteiger partial charge in [-0.1, -0.05) is 12.7 Å². The molecule has 0 radical (unpaired) electrons. The third-order valence-electron chi connectivity index (χ3n) is 3.65. The van der Waals surface area contributed by atoms with E-state index in [1.165, 1.54) is 20.4 Å². The van der Waals surface area contributed by atoms with Crippen LogP contribution in [0.3, 0.4) is 0 Å². The van der Waals surface area contributed by atoms with Crippen molar-refractivity contribution in [3.63, 3.8) is 0 Å². The van der Waals surface area contributed by atoms with E-state index in [1.807, 2.05) is 13.0 Å². The molecule has 0 unspecified atom stereocenters. The molecule has 148 valence electrons. The Kier molecular flexibility index (Phi) is 7.90. The monoisotopic (exact) mass is 384 g/mol. The van der Waals surface area contributed by atoms with E-state index in [9.17, 15) is 4.79 Å². The third kappa shape index (κ3) is 5.51. The van der Waals surface area contributed by atoms with E-state index >= 15 is 0 Å². The Balaban J connectivity index is 2.08. The van der Waals surface area contributed by atoms with Crippen molar-refractivity contribution >= 4 is 12.1 Å². The molecule has 0 heterocycles. The summed E-state index contributed by atoms with van der Waals surface area (Å²) in [7, 11) is 3.04. The van der Waals surface area contributed by atoms with Gasteiger partial charge in [-0.25, -0.2) is 5.43 Å². The van der Waals surface area contributed by atoms with Crippen molar-refractivity contribution in [3.8, 4) is 23.0 Å². The average Bonchev–Trinajstić information content (AvgIpc) is 2.72. The second-order valence-electron chi connectivity index (χ2n) is 5.51. The van der Waals surface area contributed by atoms with Crippen molar-refractivity contribution < 1.29 is 23.7 Å². The van der Waals surface area contributed by atoms with Crippen LogP contribution in [0, 0.1) is 0 Å². The predicted octanol–water partition coefficient (Wildman–Crippen LogP) is 3.43. The molecule has 7 nitrogen and oxygen atoms in total. The third-order valence-corrected chi connectivity index (χ3v) is 3.65. The summed E-state index contributed by atoms with van der Waals surface area (Å²) in [6.45, 7) is 6.40. The van der Waals surface area contributed by atoms with E-state index in [4.69, 9.17) is 18.9 Å². The first-order valence-electron chi connectivity index (χ1n) is 8.68. The van der Waals surface area contributed by atoms with Crippen LogP contribution in [-0.4, -0.2) is 39.6 Å². The lowest BCUT2D eigenvalue weighted by Gasteiger charge is -2.11. The van der Waals surface area contributed by atoms with Crippen molar-refractivity contribution in [1.82, 2.24) is 5.43 Å². The number of methoxy groups -OCH3 is 2. The standard InChI is InChI=1S/C21H24N2O5/c1-5-11-28-18-9-7-15(12-20(18)27-6-2)14-22-23-21(24)16-8-10-17(25-3)19(13-16)26-4/h5,7-10,12-14H,1,6,11H2,2-4H3,(H,23,24). The summed E-state index contributed by atoms with van der Waals surface area (Å²) < 4.78 is 21.5. The summed E-state index contributed by atoms with van der Waals surface area (Å²) in [5.41, 5.74) is 3.64. The lowest BCUT2D eigenvalue weighted by molar-refractivity contribution is 0.0954. The number of carbonyl (C=O) groups excluding carboxylic acids is 1. The maximum absolute atomic E-state index is 12.3. The van der Waals surface area contributed by atoms with E-state index in [-0.39, 0.29) is 5.91 Å². The minimum Gasteiger partial charge on any atom is -0.493 e. The molecular weight excluding hydrogens is 360 g/mol. The Morgan fingerprint density at radius 2 is 1.79 bits per heavy atom. The Morgan fingerprint density at radius 3 is 2.46 bits per heavy atom. The van der Waals surface area contributed by atoms with Gasteiger partial charge < -0.3 is 18.9 Å². The smallest absolute Gasteiger partial charge is 0.271 e. The van der Waals surface area contributed by atoms with E-state index in [0.717, 1.165) is 5.56 Å². The van der Waals surface area contributed by atoms with Gasteiger partial charge >= 0.3 is 0 Å². The fourth-order valence-electron chi connectivity index (χ4n) is 2.35. The molecule has 0 saturated carbocycles. The van der Waals surface area contributed by atoms with Gasteiger partial charge in [-0.2, -0.15) is 5.10 Å². The van der Waals surface area contributed by atoms with Gasteiger partial charge in [0.15, 0.2) is 23.0 Å². The Morgan fingerprint density at radius 1 is 1.04 bits per heavy atom. The number of ether oxygens (including phenoxy) is 4. The first-order valence-corrected chi connectivity index (χ1v) is 8.68. The van der Waals surface area contributed by atoms with Crippen LogP contribution < -0.4 is 24.4 Å². The molecule has 0 aliphatic heterocycles. The summed E-state index contributed by atoms with van der Waals surface area (Å²) in [5.74, 6) is 1.86. The lowest BCUT2D eigenvalue weighted by Crippen LogP contribution is -2.17. The van der Waals surface area contributed by atoms with Crippen LogP contribution in [0.4, 0.5) is 0 Å². The maximum Gasteiger partial charge on any atom is 0.271 e. The molecule has 0 saturated heterocycles. The van der Waals surface area contributed by atoms with E-state index in [2.05, 4.69) is 17.1 Å². The van der Waals surface area contributed by atoms with Crippen molar-refractivity contribution in [2.45, 2.75) is 6.92 Å². The molecular formula is C21H24N2O5. The minimum absolute atomic E-state index is 0.367. The Labute approximate surface area is 164 Å². The highest BCUT2D eigenvalue weighted by atomic mass is 16.5. The van der Waals surface area contributed by atoms with Crippen LogP contribution in [0.1, 0.15) is 22.8 Å². The number of nitrogens with zero attached hydrogens (tertiary/aromatic N) is 1. The zero-order valence-corrected chi connectivity index (χ0v) is 16.2. The van der Waals surface area contributed by atoms with Crippen LogP contribution in [0.2, 0.25) is 0 Å². The molecule has 2 aromatic rings. The lowest BCUT2D eigenvalue weighted by atomic mass is 10.2. The highest BCUT2D eigenvalue weighted by molar-refractivity contribution is 5.95. The second-order valence-corrected chi connectivity index (χ2v) is 5.51. The number of hydrogen-bond donors (Lipinski definition) is 1.